The molecule has 94 valence electrons. The van der Waals surface area contributed by atoms with E-state index in [9.17, 15) is 0 Å². The topological polar surface area (TPSA) is 6.48 Å². The van der Waals surface area contributed by atoms with Gasteiger partial charge in [-0.3, -0.25) is 0 Å². The van der Waals surface area contributed by atoms with Crippen molar-refractivity contribution >= 4 is 0 Å². The van der Waals surface area contributed by atoms with Gasteiger partial charge in [-0.15, -0.1) is 0 Å². The fourth-order valence-corrected chi connectivity index (χ4v) is 3.37. The van der Waals surface area contributed by atoms with Crippen LogP contribution in [0.1, 0.15) is 46.0 Å². The van der Waals surface area contributed by atoms with Crippen LogP contribution in [0, 0.1) is 5.92 Å². The van der Waals surface area contributed by atoms with Gasteiger partial charge in [0.05, 0.1) is 0 Å². The SMILES string of the molecule is CC(C)N(C)CC1CCCN2CCCCC12. The van der Waals surface area contributed by atoms with E-state index in [0.717, 1.165) is 12.0 Å². The fraction of sp³-hybridized carbons (Fsp3) is 1.00. The van der Waals surface area contributed by atoms with Crippen LogP contribution < -0.4 is 0 Å². The molecule has 2 nitrogen and oxygen atoms in total. The maximum absolute atomic E-state index is 2.77. The molecule has 2 unspecified atom stereocenters. The summed E-state index contributed by atoms with van der Waals surface area (Å²) in [6.45, 7) is 8.65. The number of fused-ring (bicyclic) bond motifs is 1. The quantitative estimate of drug-likeness (QED) is 0.727. The van der Waals surface area contributed by atoms with Crippen molar-refractivity contribution in [2.75, 3.05) is 26.7 Å². The lowest BCUT2D eigenvalue weighted by Crippen LogP contribution is -2.51. The summed E-state index contributed by atoms with van der Waals surface area (Å²) in [4.78, 5) is 5.30. The molecule has 2 heterocycles. The Bertz CT molecular complexity index is 213. The molecule has 0 amide bonds. The van der Waals surface area contributed by atoms with Gasteiger partial charge in [0.1, 0.15) is 0 Å². The average Bonchev–Trinajstić information content (AvgIpc) is 2.29. The standard InChI is InChI=1S/C14H28N2/c1-12(2)15(3)11-13-7-6-10-16-9-5-4-8-14(13)16/h12-14H,4-11H2,1-3H3. The molecule has 0 aromatic carbocycles. The number of rotatable bonds is 3. The maximum Gasteiger partial charge on any atom is 0.0136 e. The van der Waals surface area contributed by atoms with Crippen molar-refractivity contribution in [3.63, 3.8) is 0 Å². The predicted molar refractivity (Wildman–Crippen MR) is 69.7 cm³/mol. The van der Waals surface area contributed by atoms with Crippen molar-refractivity contribution in [1.82, 2.24) is 9.80 Å². The smallest absolute Gasteiger partial charge is 0.0136 e. The molecule has 2 rings (SSSR count). The van der Waals surface area contributed by atoms with E-state index in [0.29, 0.717) is 6.04 Å². The molecule has 2 aliphatic heterocycles. The predicted octanol–water partition coefficient (Wildman–Crippen LogP) is 2.59. The molecule has 2 fully saturated rings. The van der Waals surface area contributed by atoms with Crippen molar-refractivity contribution in [2.24, 2.45) is 5.92 Å². The van der Waals surface area contributed by atoms with Gasteiger partial charge < -0.3 is 9.80 Å². The summed E-state index contributed by atoms with van der Waals surface area (Å²) in [5.74, 6) is 0.932. The Kier molecular flexibility index (Phi) is 4.26. The van der Waals surface area contributed by atoms with E-state index in [4.69, 9.17) is 0 Å². The molecule has 16 heavy (non-hydrogen) atoms. The number of nitrogens with zero attached hydrogens (tertiary/aromatic N) is 2. The van der Waals surface area contributed by atoms with E-state index in [-0.39, 0.29) is 0 Å². The molecule has 0 aromatic heterocycles. The van der Waals surface area contributed by atoms with Crippen LogP contribution in [0.15, 0.2) is 0 Å². The third kappa shape index (κ3) is 2.78. The highest BCUT2D eigenvalue weighted by molar-refractivity contribution is 4.88. The van der Waals surface area contributed by atoms with Gasteiger partial charge in [0, 0.05) is 18.6 Å². The van der Waals surface area contributed by atoms with Crippen molar-refractivity contribution in [3.05, 3.63) is 0 Å². The summed E-state index contributed by atoms with van der Waals surface area (Å²) in [7, 11) is 2.28. The van der Waals surface area contributed by atoms with Gasteiger partial charge in [-0.05, 0) is 65.6 Å². The molecule has 0 spiro atoms. The van der Waals surface area contributed by atoms with Crippen LogP contribution in [0.5, 0.6) is 0 Å². The van der Waals surface area contributed by atoms with Gasteiger partial charge in [-0.2, -0.15) is 0 Å². The fourth-order valence-electron chi connectivity index (χ4n) is 3.37. The second-order valence-electron chi connectivity index (χ2n) is 6.03. The first-order valence-corrected chi connectivity index (χ1v) is 7.13. The summed E-state index contributed by atoms with van der Waals surface area (Å²) in [5, 5.41) is 0. The molecule has 0 saturated carbocycles. The molecular formula is C14H28N2. The second-order valence-corrected chi connectivity index (χ2v) is 6.03. The summed E-state index contributed by atoms with van der Waals surface area (Å²) < 4.78 is 0. The minimum absolute atomic E-state index is 0.693. The van der Waals surface area contributed by atoms with Crippen LogP contribution in [0.2, 0.25) is 0 Å². The van der Waals surface area contributed by atoms with E-state index < -0.39 is 0 Å². The van der Waals surface area contributed by atoms with E-state index in [1.54, 1.807) is 0 Å². The minimum Gasteiger partial charge on any atom is -0.304 e. The van der Waals surface area contributed by atoms with E-state index in [2.05, 4.69) is 30.7 Å². The number of hydrogen-bond acceptors (Lipinski definition) is 2. The Hall–Kier alpha value is -0.0800. The van der Waals surface area contributed by atoms with E-state index >= 15 is 0 Å². The highest BCUT2D eigenvalue weighted by atomic mass is 15.2. The van der Waals surface area contributed by atoms with Gasteiger partial charge in [-0.25, -0.2) is 0 Å². The molecule has 2 aliphatic rings. The van der Waals surface area contributed by atoms with Crippen molar-refractivity contribution in [1.29, 1.82) is 0 Å². The monoisotopic (exact) mass is 224 g/mol. The zero-order valence-electron chi connectivity index (χ0n) is 11.3. The maximum atomic E-state index is 2.77. The van der Waals surface area contributed by atoms with E-state index in [1.807, 2.05) is 0 Å². The zero-order chi connectivity index (χ0) is 11.5. The normalized spacial score (nSPS) is 32.1. The summed E-state index contributed by atoms with van der Waals surface area (Å²) >= 11 is 0. The first-order valence-electron chi connectivity index (χ1n) is 7.13. The average molecular weight is 224 g/mol. The Labute approximate surface area is 101 Å². The highest BCUT2D eigenvalue weighted by Gasteiger charge is 2.33. The first kappa shape index (κ1) is 12.4. The first-order chi connectivity index (χ1) is 7.68. The summed E-state index contributed by atoms with van der Waals surface area (Å²) in [6.07, 6.45) is 7.23. The Morgan fingerprint density at radius 3 is 2.62 bits per heavy atom. The molecule has 2 atom stereocenters. The van der Waals surface area contributed by atoms with Crippen molar-refractivity contribution < 1.29 is 0 Å². The van der Waals surface area contributed by atoms with Gasteiger partial charge >= 0.3 is 0 Å². The minimum atomic E-state index is 0.693. The molecule has 2 heteroatoms. The van der Waals surface area contributed by atoms with Crippen LogP contribution in [-0.4, -0.2) is 48.6 Å². The van der Waals surface area contributed by atoms with E-state index in [1.165, 1.54) is 51.7 Å². The molecule has 0 aliphatic carbocycles. The van der Waals surface area contributed by atoms with Crippen LogP contribution in [0.25, 0.3) is 0 Å². The van der Waals surface area contributed by atoms with Crippen LogP contribution >= 0.6 is 0 Å². The lowest BCUT2D eigenvalue weighted by atomic mass is 9.83. The second kappa shape index (κ2) is 5.50. The van der Waals surface area contributed by atoms with Gasteiger partial charge in [-0.1, -0.05) is 6.42 Å². The van der Waals surface area contributed by atoms with Crippen molar-refractivity contribution in [3.8, 4) is 0 Å². The molecule has 0 radical (unpaired) electrons. The van der Waals surface area contributed by atoms with Crippen LogP contribution in [0.4, 0.5) is 0 Å². The third-order valence-corrected chi connectivity index (χ3v) is 4.63. The summed E-state index contributed by atoms with van der Waals surface area (Å²) in [5.41, 5.74) is 0. The number of piperidine rings is 2. The van der Waals surface area contributed by atoms with Crippen LogP contribution in [-0.2, 0) is 0 Å². The van der Waals surface area contributed by atoms with Crippen molar-refractivity contribution in [2.45, 2.75) is 58.0 Å². The van der Waals surface area contributed by atoms with Gasteiger partial charge in [0.25, 0.3) is 0 Å². The molecule has 2 saturated heterocycles. The zero-order valence-corrected chi connectivity index (χ0v) is 11.3. The van der Waals surface area contributed by atoms with Gasteiger partial charge in [0.15, 0.2) is 0 Å². The number of hydrogen-bond donors (Lipinski definition) is 0. The Balaban J connectivity index is 1.92. The lowest BCUT2D eigenvalue weighted by molar-refractivity contribution is 0.0402. The highest BCUT2D eigenvalue weighted by Crippen LogP contribution is 2.31. The third-order valence-electron chi connectivity index (χ3n) is 4.63. The largest absolute Gasteiger partial charge is 0.304 e. The lowest BCUT2D eigenvalue weighted by Gasteiger charge is -2.45. The Morgan fingerprint density at radius 2 is 1.88 bits per heavy atom. The van der Waals surface area contributed by atoms with Gasteiger partial charge in [0.2, 0.25) is 0 Å². The summed E-state index contributed by atoms with van der Waals surface area (Å²) in [6, 6.07) is 1.60. The molecule has 0 N–H and O–H groups in total. The van der Waals surface area contributed by atoms with Crippen LogP contribution in [0.3, 0.4) is 0 Å². The molecule has 0 bridgehead atoms. The molecular weight excluding hydrogens is 196 g/mol. The molecule has 0 aromatic rings. The Morgan fingerprint density at radius 1 is 1.12 bits per heavy atom.